The molecule has 0 aliphatic carbocycles. The van der Waals surface area contributed by atoms with Crippen molar-refractivity contribution in [3.05, 3.63) is 23.4 Å². The lowest BCUT2D eigenvalue weighted by Gasteiger charge is -2.05. The minimum absolute atomic E-state index is 0.0106. The Bertz CT molecular complexity index is 393. The van der Waals surface area contributed by atoms with Crippen molar-refractivity contribution < 1.29 is 14.6 Å². The largest absolute Gasteiger partial charge is 0.477 e. The van der Waals surface area contributed by atoms with Gasteiger partial charge in [0.2, 0.25) is 5.88 Å². The first-order valence-corrected chi connectivity index (χ1v) is 3.92. The van der Waals surface area contributed by atoms with Crippen LogP contribution in [0.3, 0.4) is 0 Å². The molecule has 0 bridgehead atoms. The van der Waals surface area contributed by atoms with Crippen LogP contribution in [0.25, 0.3) is 0 Å². The van der Waals surface area contributed by atoms with Gasteiger partial charge in [0, 0.05) is 5.69 Å². The Morgan fingerprint density at radius 3 is 3.00 bits per heavy atom. The lowest BCUT2D eigenvalue weighted by Crippen LogP contribution is -2.05. The number of aromatic nitrogens is 1. The molecule has 1 aromatic heterocycles. The van der Waals surface area contributed by atoms with Crippen LogP contribution >= 0.6 is 0 Å². The van der Waals surface area contributed by atoms with Crippen molar-refractivity contribution in [3.63, 3.8) is 0 Å². The number of carbonyl (C=O) groups is 1. The van der Waals surface area contributed by atoms with E-state index in [0.29, 0.717) is 5.69 Å². The predicted octanol–water partition coefficient (Wildman–Crippen LogP) is 1.10. The topological polar surface area (TPSA) is 59.4 Å². The molecule has 1 heterocycles. The molecule has 0 fully saturated rings. The van der Waals surface area contributed by atoms with Crippen molar-refractivity contribution in [3.8, 4) is 18.2 Å². The van der Waals surface area contributed by atoms with Crippen LogP contribution in [-0.4, -0.2) is 22.7 Å². The predicted molar refractivity (Wildman–Crippen MR) is 50.3 cm³/mol. The number of nitrogens with zero attached hydrogens (tertiary/aromatic N) is 1. The maximum atomic E-state index is 10.7. The lowest BCUT2D eigenvalue weighted by atomic mass is 10.2. The number of hydrogen-bond acceptors (Lipinski definition) is 3. The van der Waals surface area contributed by atoms with E-state index < -0.39 is 5.97 Å². The summed E-state index contributed by atoms with van der Waals surface area (Å²) in [7, 11) is 0. The fourth-order valence-corrected chi connectivity index (χ4v) is 0.916. The Balaban J connectivity index is 3.04. The van der Waals surface area contributed by atoms with Gasteiger partial charge in [-0.15, -0.1) is 6.42 Å². The number of aryl methyl sites for hydroxylation is 1. The quantitative estimate of drug-likeness (QED) is 0.727. The minimum atomic E-state index is -1.08. The second-order valence-electron chi connectivity index (χ2n) is 2.60. The molecule has 0 unspecified atom stereocenters. The smallest absolute Gasteiger partial charge is 0.341 e. The third kappa shape index (κ3) is 2.23. The summed E-state index contributed by atoms with van der Waals surface area (Å²) in [6, 6.07) is 3.04. The van der Waals surface area contributed by atoms with Crippen molar-refractivity contribution in [1.29, 1.82) is 0 Å². The highest BCUT2D eigenvalue weighted by Gasteiger charge is 2.12. The van der Waals surface area contributed by atoms with Crippen LogP contribution in [0.4, 0.5) is 0 Å². The summed E-state index contributed by atoms with van der Waals surface area (Å²) in [5.41, 5.74) is 0.702. The molecular formula is C10H9NO3. The van der Waals surface area contributed by atoms with Gasteiger partial charge in [-0.1, -0.05) is 5.92 Å². The normalized spacial score (nSPS) is 9.14. The molecule has 0 saturated carbocycles. The molecule has 4 nitrogen and oxygen atoms in total. The first-order valence-electron chi connectivity index (χ1n) is 3.92. The zero-order valence-electron chi connectivity index (χ0n) is 7.65. The molecule has 72 valence electrons. The minimum Gasteiger partial charge on any atom is -0.477 e. The SMILES string of the molecule is C#CCOc1nc(C)ccc1C(=O)O. The molecule has 1 aromatic rings. The zero-order chi connectivity index (χ0) is 10.6. The summed E-state index contributed by atoms with van der Waals surface area (Å²) >= 11 is 0. The summed E-state index contributed by atoms with van der Waals surface area (Å²) < 4.78 is 5.00. The van der Waals surface area contributed by atoms with Gasteiger partial charge in [0.25, 0.3) is 0 Å². The van der Waals surface area contributed by atoms with Crippen LogP contribution in [0, 0.1) is 19.3 Å². The van der Waals surface area contributed by atoms with Gasteiger partial charge in [0.1, 0.15) is 5.56 Å². The second kappa shape index (κ2) is 4.28. The molecule has 0 aromatic carbocycles. The number of carboxylic acids is 1. The average Bonchev–Trinajstić information content (AvgIpc) is 2.14. The van der Waals surface area contributed by atoms with E-state index in [0.717, 1.165) is 0 Å². The molecule has 0 radical (unpaired) electrons. The van der Waals surface area contributed by atoms with Crippen molar-refractivity contribution in [2.75, 3.05) is 6.61 Å². The Hall–Kier alpha value is -2.02. The van der Waals surface area contributed by atoms with Gasteiger partial charge in [-0.05, 0) is 19.1 Å². The lowest BCUT2D eigenvalue weighted by molar-refractivity contribution is 0.0692. The first-order chi connectivity index (χ1) is 6.65. The fourth-order valence-electron chi connectivity index (χ4n) is 0.916. The number of aromatic carboxylic acids is 1. The molecule has 1 rings (SSSR count). The maximum absolute atomic E-state index is 10.7. The van der Waals surface area contributed by atoms with E-state index in [1.54, 1.807) is 13.0 Å². The second-order valence-corrected chi connectivity index (χ2v) is 2.60. The molecule has 0 aliphatic heterocycles. The first kappa shape index (κ1) is 10.1. The van der Waals surface area contributed by atoms with Crippen LogP contribution < -0.4 is 4.74 Å². The number of carboxylic acid groups (broad SMARTS) is 1. The van der Waals surface area contributed by atoms with Crippen molar-refractivity contribution in [2.45, 2.75) is 6.92 Å². The van der Waals surface area contributed by atoms with Crippen LogP contribution in [0.1, 0.15) is 16.1 Å². The third-order valence-electron chi connectivity index (χ3n) is 1.52. The highest BCUT2D eigenvalue weighted by Crippen LogP contribution is 2.15. The van der Waals surface area contributed by atoms with E-state index in [1.165, 1.54) is 6.07 Å². The molecule has 4 heteroatoms. The number of hydrogen-bond donors (Lipinski definition) is 1. The molecule has 0 atom stereocenters. The van der Waals surface area contributed by atoms with Gasteiger partial charge in [-0.25, -0.2) is 9.78 Å². The molecular weight excluding hydrogens is 182 g/mol. The summed E-state index contributed by atoms with van der Waals surface area (Å²) in [6.07, 6.45) is 4.99. The van der Waals surface area contributed by atoms with Gasteiger partial charge in [0.05, 0.1) is 0 Å². The third-order valence-corrected chi connectivity index (χ3v) is 1.52. The molecule has 14 heavy (non-hydrogen) atoms. The van der Waals surface area contributed by atoms with Crippen LogP contribution in [0.5, 0.6) is 5.88 Å². The summed E-state index contributed by atoms with van der Waals surface area (Å²) in [6.45, 7) is 1.76. The van der Waals surface area contributed by atoms with E-state index in [-0.39, 0.29) is 18.1 Å². The molecule has 0 amide bonds. The van der Waals surface area contributed by atoms with Gasteiger partial charge in [-0.3, -0.25) is 0 Å². The van der Waals surface area contributed by atoms with E-state index in [2.05, 4.69) is 10.9 Å². The Labute approximate surface area is 81.5 Å². The average molecular weight is 191 g/mol. The van der Waals surface area contributed by atoms with E-state index >= 15 is 0 Å². The summed E-state index contributed by atoms with van der Waals surface area (Å²) in [4.78, 5) is 14.7. The maximum Gasteiger partial charge on any atom is 0.341 e. The van der Waals surface area contributed by atoms with Gasteiger partial charge >= 0.3 is 5.97 Å². The Morgan fingerprint density at radius 1 is 1.71 bits per heavy atom. The van der Waals surface area contributed by atoms with Crippen molar-refractivity contribution in [1.82, 2.24) is 4.98 Å². The Kier molecular flexibility index (Phi) is 3.08. The highest BCUT2D eigenvalue weighted by atomic mass is 16.5. The van der Waals surface area contributed by atoms with Crippen LogP contribution in [0.2, 0.25) is 0 Å². The zero-order valence-corrected chi connectivity index (χ0v) is 7.65. The summed E-state index contributed by atoms with van der Waals surface area (Å²) in [5.74, 6) is 1.23. The number of pyridine rings is 1. The van der Waals surface area contributed by atoms with Gasteiger partial charge in [-0.2, -0.15) is 0 Å². The van der Waals surface area contributed by atoms with E-state index in [4.69, 9.17) is 16.3 Å². The molecule has 0 spiro atoms. The van der Waals surface area contributed by atoms with Crippen molar-refractivity contribution in [2.24, 2.45) is 0 Å². The number of rotatable bonds is 3. The van der Waals surface area contributed by atoms with Crippen LogP contribution in [0.15, 0.2) is 12.1 Å². The van der Waals surface area contributed by atoms with E-state index in [9.17, 15) is 4.79 Å². The Morgan fingerprint density at radius 2 is 2.43 bits per heavy atom. The van der Waals surface area contributed by atoms with Crippen molar-refractivity contribution >= 4 is 5.97 Å². The van der Waals surface area contributed by atoms with E-state index in [1.807, 2.05) is 0 Å². The molecule has 0 saturated heterocycles. The molecule has 0 aliphatic rings. The van der Waals surface area contributed by atoms with Gasteiger partial charge in [0.15, 0.2) is 6.61 Å². The monoisotopic (exact) mass is 191 g/mol. The highest BCUT2D eigenvalue weighted by molar-refractivity contribution is 5.90. The number of terminal acetylenes is 1. The van der Waals surface area contributed by atoms with Crippen LogP contribution in [-0.2, 0) is 0 Å². The molecule has 1 N–H and O–H groups in total. The standard InChI is InChI=1S/C10H9NO3/c1-3-6-14-9-8(10(12)13)5-4-7(2)11-9/h1,4-5H,6H2,2H3,(H,12,13). The number of ether oxygens (including phenoxy) is 1. The van der Waals surface area contributed by atoms with Gasteiger partial charge < -0.3 is 9.84 Å². The fraction of sp³-hybridized carbons (Fsp3) is 0.200. The summed E-state index contributed by atoms with van der Waals surface area (Å²) in [5, 5.41) is 8.78.